The average Bonchev–Trinajstić information content (AvgIpc) is 3.45. The number of hydrogen-bond donors (Lipinski definition) is 0. The van der Waals surface area contributed by atoms with Gasteiger partial charge in [0.2, 0.25) is 0 Å². The monoisotopic (exact) mass is 679 g/mol. The van der Waals surface area contributed by atoms with Gasteiger partial charge in [0.15, 0.2) is 0 Å². The third-order valence-electron chi connectivity index (χ3n) is 11.0. The van der Waals surface area contributed by atoms with Gasteiger partial charge in [-0.05, 0) is 110 Å². The Morgan fingerprint density at radius 3 is 1.40 bits per heavy atom. The number of rotatable bonds is 7. The predicted molar refractivity (Wildman–Crippen MR) is 225 cm³/mol. The molecule has 8 aromatic rings. The second-order valence-corrected chi connectivity index (χ2v) is 14.6. The van der Waals surface area contributed by atoms with Crippen LogP contribution in [0.15, 0.2) is 194 Å². The molecule has 0 bridgehead atoms. The van der Waals surface area contributed by atoms with E-state index in [1.807, 2.05) is 0 Å². The van der Waals surface area contributed by atoms with Gasteiger partial charge >= 0.3 is 0 Å². The van der Waals surface area contributed by atoms with Crippen LogP contribution in [0.4, 0.5) is 17.1 Å². The van der Waals surface area contributed by atoms with Gasteiger partial charge in [-0.3, -0.25) is 0 Å². The molecule has 0 fully saturated rings. The summed E-state index contributed by atoms with van der Waals surface area (Å²) in [6.07, 6.45) is 0. The van der Waals surface area contributed by atoms with E-state index in [4.69, 9.17) is 0 Å². The van der Waals surface area contributed by atoms with Crippen LogP contribution in [0.2, 0.25) is 0 Å². The van der Waals surface area contributed by atoms with Crippen LogP contribution in [0, 0.1) is 6.92 Å². The van der Waals surface area contributed by atoms with Crippen LogP contribution >= 0.6 is 0 Å². The molecule has 0 aliphatic heterocycles. The summed E-state index contributed by atoms with van der Waals surface area (Å²) < 4.78 is 0. The molecule has 0 unspecified atom stereocenters. The molecule has 0 amide bonds. The molecule has 0 radical (unpaired) electrons. The topological polar surface area (TPSA) is 3.24 Å². The summed E-state index contributed by atoms with van der Waals surface area (Å²) in [7, 11) is 0. The second-order valence-electron chi connectivity index (χ2n) is 14.6. The first-order valence-electron chi connectivity index (χ1n) is 18.5. The largest absolute Gasteiger partial charge is 0.310 e. The van der Waals surface area contributed by atoms with Gasteiger partial charge in [0.1, 0.15) is 0 Å². The number of aryl methyl sites for hydroxylation is 1. The summed E-state index contributed by atoms with van der Waals surface area (Å²) in [5.74, 6) is 0. The summed E-state index contributed by atoms with van der Waals surface area (Å²) in [4.78, 5) is 2.48. The van der Waals surface area contributed by atoms with Crippen molar-refractivity contribution in [2.45, 2.75) is 26.2 Å². The SMILES string of the molecule is Cc1cc(-c2ccc(-c3ccccc3)cc2)cc(-c2ccccc2)c1N(c1ccc(-c2ccccc2)cc1)c1ccc2c(c1)C(C)(C)c1ccccc1-2. The fraction of sp³-hybridized carbons (Fsp3) is 0.0769. The average molecular weight is 680 g/mol. The minimum absolute atomic E-state index is 0.113. The van der Waals surface area contributed by atoms with E-state index in [9.17, 15) is 0 Å². The molecule has 0 N–H and O–H groups in total. The molecule has 0 atom stereocenters. The molecule has 0 heterocycles. The van der Waals surface area contributed by atoms with Crippen molar-refractivity contribution in [3.8, 4) is 55.6 Å². The molecular weight excluding hydrogens is 639 g/mol. The maximum atomic E-state index is 2.48. The lowest BCUT2D eigenvalue weighted by Gasteiger charge is -2.31. The van der Waals surface area contributed by atoms with E-state index >= 15 is 0 Å². The number of benzene rings is 8. The Labute approximate surface area is 313 Å². The first-order valence-corrected chi connectivity index (χ1v) is 18.5. The van der Waals surface area contributed by atoms with Crippen molar-refractivity contribution < 1.29 is 0 Å². The fourth-order valence-corrected chi connectivity index (χ4v) is 8.24. The van der Waals surface area contributed by atoms with Crippen molar-refractivity contribution in [1.29, 1.82) is 0 Å². The van der Waals surface area contributed by atoms with Gasteiger partial charge in [-0.2, -0.15) is 0 Å². The zero-order valence-electron chi connectivity index (χ0n) is 30.4. The van der Waals surface area contributed by atoms with Crippen molar-refractivity contribution in [3.05, 3.63) is 211 Å². The van der Waals surface area contributed by atoms with Gasteiger partial charge in [0, 0.05) is 22.4 Å². The summed E-state index contributed by atoms with van der Waals surface area (Å²) in [5.41, 5.74) is 19.6. The highest BCUT2D eigenvalue weighted by Crippen LogP contribution is 2.52. The lowest BCUT2D eigenvalue weighted by Crippen LogP contribution is -2.17. The summed E-state index contributed by atoms with van der Waals surface area (Å²) >= 11 is 0. The van der Waals surface area contributed by atoms with Crippen LogP contribution in [0.25, 0.3) is 55.6 Å². The van der Waals surface area contributed by atoms with Crippen LogP contribution in [-0.2, 0) is 5.41 Å². The van der Waals surface area contributed by atoms with E-state index in [0.29, 0.717) is 0 Å². The molecule has 1 aliphatic rings. The van der Waals surface area contributed by atoms with Gasteiger partial charge in [0.25, 0.3) is 0 Å². The van der Waals surface area contributed by atoms with Crippen LogP contribution in [0.1, 0.15) is 30.5 Å². The highest BCUT2D eigenvalue weighted by atomic mass is 15.1. The van der Waals surface area contributed by atoms with Gasteiger partial charge < -0.3 is 4.90 Å². The number of fused-ring (bicyclic) bond motifs is 3. The maximum absolute atomic E-state index is 2.48. The molecule has 0 aromatic heterocycles. The minimum Gasteiger partial charge on any atom is -0.310 e. The highest BCUT2D eigenvalue weighted by Gasteiger charge is 2.36. The first kappa shape index (κ1) is 32.5. The van der Waals surface area contributed by atoms with Crippen LogP contribution < -0.4 is 4.90 Å². The Kier molecular flexibility index (Phi) is 8.13. The Morgan fingerprint density at radius 1 is 0.340 bits per heavy atom. The zero-order valence-corrected chi connectivity index (χ0v) is 30.4. The van der Waals surface area contributed by atoms with Crippen molar-refractivity contribution in [2.75, 3.05) is 4.90 Å². The van der Waals surface area contributed by atoms with E-state index in [2.05, 4.69) is 220 Å². The number of nitrogens with zero attached hydrogens (tertiary/aromatic N) is 1. The maximum Gasteiger partial charge on any atom is 0.0569 e. The van der Waals surface area contributed by atoms with Gasteiger partial charge in [0.05, 0.1) is 5.69 Å². The molecule has 8 aromatic carbocycles. The molecule has 0 spiro atoms. The molecule has 9 rings (SSSR count). The smallest absolute Gasteiger partial charge is 0.0569 e. The van der Waals surface area contributed by atoms with Gasteiger partial charge in [-0.15, -0.1) is 0 Å². The van der Waals surface area contributed by atoms with E-state index in [0.717, 1.165) is 11.4 Å². The Balaban J connectivity index is 1.23. The molecular formula is C52H41N. The molecule has 1 heteroatoms. The van der Waals surface area contributed by atoms with Crippen molar-refractivity contribution >= 4 is 17.1 Å². The zero-order chi connectivity index (χ0) is 35.9. The summed E-state index contributed by atoms with van der Waals surface area (Å²) in [5, 5.41) is 0. The van der Waals surface area contributed by atoms with Crippen LogP contribution in [0.5, 0.6) is 0 Å². The Morgan fingerprint density at radius 2 is 0.792 bits per heavy atom. The molecule has 1 nitrogen and oxygen atoms in total. The van der Waals surface area contributed by atoms with Crippen LogP contribution in [-0.4, -0.2) is 0 Å². The van der Waals surface area contributed by atoms with E-state index in [-0.39, 0.29) is 5.41 Å². The van der Waals surface area contributed by atoms with Gasteiger partial charge in [-0.25, -0.2) is 0 Å². The molecule has 53 heavy (non-hydrogen) atoms. The van der Waals surface area contributed by atoms with Crippen molar-refractivity contribution in [3.63, 3.8) is 0 Å². The third kappa shape index (κ3) is 5.85. The standard InChI is InChI=1S/C52H41N/c1-36-33-43(41-25-23-39(24-26-41)37-15-7-4-8-16-37)34-48(42-19-11-6-12-20-42)51(36)53(44-29-27-40(28-30-44)38-17-9-5-10-18-38)45-31-32-47-46-21-13-14-22-49(46)52(2,3)50(47)35-45/h4-35H,1-3H3. The molecule has 254 valence electrons. The molecule has 1 aliphatic carbocycles. The summed E-state index contributed by atoms with van der Waals surface area (Å²) in [6.45, 7) is 6.99. The summed E-state index contributed by atoms with van der Waals surface area (Å²) in [6, 6.07) is 70.8. The van der Waals surface area contributed by atoms with E-state index < -0.39 is 0 Å². The van der Waals surface area contributed by atoms with Crippen LogP contribution in [0.3, 0.4) is 0 Å². The van der Waals surface area contributed by atoms with Crippen molar-refractivity contribution in [1.82, 2.24) is 0 Å². The highest BCUT2D eigenvalue weighted by molar-refractivity contribution is 5.94. The fourth-order valence-electron chi connectivity index (χ4n) is 8.24. The number of hydrogen-bond acceptors (Lipinski definition) is 1. The normalized spacial score (nSPS) is 12.6. The number of anilines is 3. The van der Waals surface area contributed by atoms with Crippen molar-refractivity contribution in [2.24, 2.45) is 0 Å². The predicted octanol–water partition coefficient (Wildman–Crippen LogP) is 14.4. The molecule has 0 saturated heterocycles. The first-order chi connectivity index (χ1) is 26.0. The lowest BCUT2D eigenvalue weighted by molar-refractivity contribution is 0.660. The van der Waals surface area contributed by atoms with Gasteiger partial charge in [-0.1, -0.05) is 172 Å². The minimum atomic E-state index is -0.113. The quantitative estimate of drug-likeness (QED) is 0.162. The Bertz CT molecular complexity index is 2550. The lowest BCUT2D eigenvalue weighted by atomic mass is 9.82. The molecule has 0 saturated carbocycles. The second kappa shape index (κ2) is 13.3. The van der Waals surface area contributed by atoms with E-state index in [1.165, 1.54) is 78.0 Å². The van der Waals surface area contributed by atoms with E-state index in [1.54, 1.807) is 0 Å². The Hall–Kier alpha value is -6.44. The third-order valence-corrected chi connectivity index (χ3v) is 11.0.